The van der Waals surface area contributed by atoms with Crippen LogP contribution in [0.2, 0.25) is 0 Å². The highest BCUT2D eigenvalue weighted by Crippen LogP contribution is 2.16. The molecule has 1 aromatic rings. The standard InChI is InChI=1S/C13H20N4O2.ClH/c1-17(2)13(18)16-10-3-4-12(15-9-10)19-11-5-7-14-8-6-11;/h3-4,9,11,14H,5-8H2,1-2H3,(H,16,18);1H. The minimum Gasteiger partial charge on any atom is -0.474 e. The van der Waals surface area contributed by atoms with E-state index in [2.05, 4.69) is 15.6 Å². The zero-order valence-corrected chi connectivity index (χ0v) is 12.6. The third-order valence-corrected chi connectivity index (χ3v) is 2.97. The Morgan fingerprint density at radius 2 is 2.10 bits per heavy atom. The van der Waals surface area contributed by atoms with E-state index in [1.165, 1.54) is 4.90 Å². The van der Waals surface area contributed by atoms with Crippen molar-refractivity contribution in [3.63, 3.8) is 0 Å². The zero-order chi connectivity index (χ0) is 13.7. The van der Waals surface area contributed by atoms with Crippen molar-refractivity contribution in [2.24, 2.45) is 0 Å². The molecule has 1 saturated heterocycles. The molecular formula is C13H21ClN4O2. The third-order valence-electron chi connectivity index (χ3n) is 2.97. The summed E-state index contributed by atoms with van der Waals surface area (Å²) >= 11 is 0. The Morgan fingerprint density at radius 1 is 1.40 bits per heavy atom. The lowest BCUT2D eigenvalue weighted by Crippen LogP contribution is -2.34. The van der Waals surface area contributed by atoms with Crippen LogP contribution in [0.1, 0.15) is 12.8 Å². The number of anilines is 1. The molecule has 112 valence electrons. The van der Waals surface area contributed by atoms with Crippen molar-refractivity contribution in [2.75, 3.05) is 32.5 Å². The van der Waals surface area contributed by atoms with Crippen molar-refractivity contribution in [3.8, 4) is 5.88 Å². The number of piperidine rings is 1. The number of hydrogen-bond donors (Lipinski definition) is 2. The van der Waals surface area contributed by atoms with E-state index in [4.69, 9.17) is 4.74 Å². The van der Waals surface area contributed by atoms with Crippen LogP contribution in [0.4, 0.5) is 10.5 Å². The number of carbonyl (C=O) groups excluding carboxylic acids is 1. The molecule has 2 heterocycles. The minimum atomic E-state index is -0.172. The largest absolute Gasteiger partial charge is 0.474 e. The van der Waals surface area contributed by atoms with Gasteiger partial charge in [-0.3, -0.25) is 0 Å². The van der Waals surface area contributed by atoms with Crippen LogP contribution in [0.3, 0.4) is 0 Å². The quantitative estimate of drug-likeness (QED) is 0.892. The van der Waals surface area contributed by atoms with Gasteiger partial charge in [0.2, 0.25) is 5.88 Å². The number of nitrogens with zero attached hydrogens (tertiary/aromatic N) is 2. The molecule has 0 radical (unpaired) electrons. The Labute approximate surface area is 125 Å². The Kier molecular flexibility index (Phi) is 6.54. The van der Waals surface area contributed by atoms with Crippen LogP contribution in [0.15, 0.2) is 18.3 Å². The van der Waals surface area contributed by atoms with Crippen LogP contribution >= 0.6 is 12.4 Å². The number of amides is 2. The first kappa shape index (κ1) is 16.5. The molecule has 1 aliphatic heterocycles. The highest BCUT2D eigenvalue weighted by Gasteiger charge is 2.14. The number of ether oxygens (including phenoxy) is 1. The Balaban J connectivity index is 0.00000200. The molecule has 1 aromatic heterocycles. The first-order valence-electron chi connectivity index (χ1n) is 6.47. The van der Waals surface area contributed by atoms with Crippen molar-refractivity contribution >= 4 is 24.1 Å². The number of halogens is 1. The highest BCUT2D eigenvalue weighted by atomic mass is 35.5. The first-order chi connectivity index (χ1) is 9.15. The van der Waals surface area contributed by atoms with Crippen molar-refractivity contribution in [3.05, 3.63) is 18.3 Å². The molecule has 0 atom stereocenters. The second kappa shape index (κ2) is 7.91. The molecule has 20 heavy (non-hydrogen) atoms. The maximum atomic E-state index is 11.5. The van der Waals surface area contributed by atoms with E-state index < -0.39 is 0 Å². The van der Waals surface area contributed by atoms with Gasteiger partial charge in [-0.25, -0.2) is 9.78 Å². The van der Waals surface area contributed by atoms with Crippen molar-refractivity contribution < 1.29 is 9.53 Å². The lowest BCUT2D eigenvalue weighted by Gasteiger charge is -2.23. The van der Waals surface area contributed by atoms with Gasteiger partial charge in [-0.2, -0.15) is 0 Å². The normalized spacial score (nSPS) is 15.1. The lowest BCUT2D eigenvalue weighted by molar-refractivity contribution is 0.156. The molecule has 6 nitrogen and oxygen atoms in total. The molecule has 0 bridgehead atoms. The van der Waals surface area contributed by atoms with Gasteiger partial charge in [-0.1, -0.05) is 0 Å². The molecule has 2 amide bonds. The minimum absolute atomic E-state index is 0. The van der Waals surface area contributed by atoms with Gasteiger partial charge in [-0.15, -0.1) is 12.4 Å². The Bertz CT molecular complexity index is 419. The molecule has 7 heteroatoms. The summed E-state index contributed by atoms with van der Waals surface area (Å²) in [6.45, 7) is 1.98. The second-order valence-corrected chi connectivity index (χ2v) is 4.78. The number of carbonyl (C=O) groups is 1. The summed E-state index contributed by atoms with van der Waals surface area (Å²) < 4.78 is 5.79. The van der Waals surface area contributed by atoms with E-state index in [0.29, 0.717) is 11.6 Å². The summed E-state index contributed by atoms with van der Waals surface area (Å²) in [7, 11) is 3.38. The number of pyridine rings is 1. The maximum Gasteiger partial charge on any atom is 0.321 e. The molecule has 0 aliphatic carbocycles. The smallest absolute Gasteiger partial charge is 0.321 e. The molecule has 2 N–H and O–H groups in total. The van der Waals surface area contributed by atoms with Gasteiger partial charge in [-0.05, 0) is 32.0 Å². The summed E-state index contributed by atoms with van der Waals surface area (Å²) in [5.41, 5.74) is 0.663. The molecule has 0 spiro atoms. The fraction of sp³-hybridized carbons (Fsp3) is 0.538. The lowest BCUT2D eigenvalue weighted by atomic mass is 10.1. The Hall–Kier alpha value is -1.53. The predicted molar refractivity (Wildman–Crippen MR) is 80.7 cm³/mol. The van der Waals surface area contributed by atoms with Gasteiger partial charge in [0.25, 0.3) is 0 Å². The zero-order valence-electron chi connectivity index (χ0n) is 11.8. The SMILES string of the molecule is CN(C)C(=O)Nc1ccc(OC2CCNCC2)nc1.Cl. The van der Waals surface area contributed by atoms with E-state index in [1.807, 2.05) is 0 Å². The molecule has 1 fully saturated rings. The number of aromatic nitrogens is 1. The molecule has 0 aromatic carbocycles. The number of rotatable bonds is 3. The van der Waals surface area contributed by atoms with E-state index >= 15 is 0 Å². The van der Waals surface area contributed by atoms with E-state index in [0.717, 1.165) is 25.9 Å². The van der Waals surface area contributed by atoms with Crippen LogP contribution in [0.5, 0.6) is 5.88 Å². The van der Waals surface area contributed by atoms with Gasteiger partial charge in [0.1, 0.15) is 6.10 Å². The topological polar surface area (TPSA) is 66.5 Å². The van der Waals surface area contributed by atoms with Crippen LogP contribution in [0, 0.1) is 0 Å². The highest BCUT2D eigenvalue weighted by molar-refractivity contribution is 5.88. The van der Waals surface area contributed by atoms with Crippen LogP contribution in [-0.4, -0.2) is 49.2 Å². The van der Waals surface area contributed by atoms with E-state index in [-0.39, 0.29) is 24.5 Å². The average molecular weight is 301 g/mol. The molecule has 0 unspecified atom stereocenters. The predicted octanol–water partition coefficient (Wildman–Crippen LogP) is 1.73. The summed E-state index contributed by atoms with van der Waals surface area (Å²) in [5, 5.41) is 6.02. The summed E-state index contributed by atoms with van der Waals surface area (Å²) in [6.07, 6.45) is 3.84. The van der Waals surface area contributed by atoms with Gasteiger partial charge in [0.15, 0.2) is 0 Å². The summed E-state index contributed by atoms with van der Waals surface area (Å²) in [6, 6.07) is 3.41. The molecule has 1 aliphatic rings. The molecular weight excluding hydrogens is 280 g/mol. The number of nitrogens with one attached hydrogen (secondary N) is 2. The Morgan fingerprint density at radius 3 is 2.65 bits per heavy atom. The fourth-order valence-electron chi connectivity index (χ4n) is 1.84. The second-order valence-electron chi connectivity index (χ2n) is 4.78. The third kappa shape index (κ3) is 4.86. The van der Waals surface area contributed by atoms with Gasteiger partial charge < -0.3 is 20.3 Å². The van der Waals surface area contributed by atoms with E-state index in [9.17, 15) is 4.79 Å². The van der Waals surface area contributed by atoms with Crippen LogP contribution in [-0.2, 0) is 0 Å². The van der Waals surface area contributed by atoms with E-state index in [1.54, 1.807) is 32.4 Å². The van der Waals surface area contributed by atoms with Gasteiger partial charge in [0.05, 0.1) is 11.9 Å². The van der Waals surface area contributed by atoms with Crippen molar-refractivity contribution in [2.45, 2.75) is 18.9 Å². The van der Waals surface area contributed by atoms with Crippen LogP contribution < -0.4 is 15.4 Å². The monoisotopic (exact) mass is 300 g/mol. The first-order valence-corrected chi connectivity index (χ1v) is 6.47. The van der Waals surface area contributed by atoms with Crippen LogP contribution in [0.25, 0.3) is 0 Å². The average Bonchev–Trinajstić information content (AvgIpc) is 2.42. The number of hydrogen-bond acceptors (Lipinski definition) is 4. The van der Waals surface area contributed by atoms with Gasteiger partial charge >= 0.3 is 6.03 Å². The summed E-state index contributed by atoms with van der Waals surface area (Å²) in [4.78, 5) is 17.1. The van der Waals surface area contributed by atoms with Gasteiger partial charge in [0, 0.05) is 20.2 Å². The number of urea groups is 1. The maximum absolute atomic E-state index is 11.5. The summed E-state index contributed by atoms with van der Waals surface area (Å²) in [5.74, 6) is 0.606. The fourth-order valence-corrected chi connectivity index (χ4v) is 1.84. The molecule has 2 rings (SSSR count). The molecule has 0 saturated carbocycles. The van der Waals surface area contributed by atoms with Crippen molar-refractivity contribution in [1.29, 1.82) is 0 Å². The van der Waals surface area contributed by atoms with Crippen molar-refractivity contribution in [1.82, 2.24) is 15.2 Å².